The second-order valence-electron chi connectivity index (χ2n) is 4.08. The van der Waals surface area contributed by atoms with E-state index in [0.717, 1.165) is 18.5 Å². The molecule has 0 fully saturated rings. The molecular formula is C13H20N2O4. The number of ether oxygens (including phenoxy) is 2. The van der Waals surface area contributed by atoms with Gasteiger partial charge in [-0.15, -0.1) is 0 Å². The molecule has 0 amide bonds. The predicted molar refractivity (Wildman–Crippen MR) is 72.5 cm³/mol. The van der Waals surface area contributed by atoms with E-state index in [0.29, 0.717) is 19.8 Å². The van der Waals surface area contributed by atoms with Crippen LogP contribution in [0.4, 0.5) is 5.69 Å². The molecule has 0 bridgehead atoms. The average molecular weight is 268 g/mol. The average Bonchev–Trinajstić information content (AvgIpc) is 2.40. The summed E-state index contributed by atoms with van der Waals surface area (Å²) < 4.78 is 10.2. The minimum absolute atomic E-state index is 0.00750. The molecule has 0 aliphatic carbocycles. The van der Waals surface area contributed by atoms with E-state index in [1.807, 2.05) is 6.07 Å². The molecule has 1 aromatic rings. The third-order valence-corrected chi connectivity index (χ3v) is 2.52. The van der Waals surface area contributed by atoms with Crippen LogP contribution >= 0.6 is 0 Å². The van der Waals surface area contributed by atoms with E-state index in [2.05, 4.69) is 12.2 Å². The third-order valence-electron chi connectivity index (χ3n) is 2.52. The fourth-order valence-corrected chi connectivity index (χ4v) is 1.58. The van der Waals surface area contributed by atoms with Crippen LogP contribution in [0.2, 0.25) is 0 Å². The van der Waals surface area contributed by atoms with Crippen LogP contribution in [0.1, 0.15) is 18.9 Å². The van der Waals surface area contributed by atoms with Crippen molar-refractivity contribution in [3.8, 4) is 5.75 Å². The zero-order valence-electron chi connectivity index (χ0n) is 11.3. The highest BCUT2D eigenvalue weighted by Gasteiger charge is 2.15. The maximum atomic E-state index is 11.0. The number of benzene rings is 1. The molecule has 6 nitrogen and oxygen atoms in total. The molecule has 0 aliphatic heterocycles. The van der Waals surface area contributed by atoms with Gasteiger partial charge in [-0.1, -0.05) is 13.0 Å². The normalized spacial score (nSPS) is 10.4. The van der Waals surface area contributed by atoms with Gasteiger partial charge in [-0.25, -0.2) is 0 Å². The van der Waals surface area contributed by atoms with E-state index in [4.69, 9.17) is 9.47 Å². The van der Waals surface area contributed by atoms with Gasteiger partial charge in [0.05, 0.1) is 11.5 Å². The molecule has 106 valence electrons. The monoisotopic (exact) mass is 268 g/mol. The maximum absolute atomic E-state index is 11.0. The first-order valence-corrected chi connectivity index (χ1v) is 6.28. The summed E-state index contributed by atoms with van der Waals surface area (Å²) in [4.78, 5) is 10.6. The Balaban J connectivity index is 2.73. The van der Waals surface area contributed by atoms with Crippen molar-refractivity contribution in [1.82, 2.24) is 5.32 Å². The van der Waals surface area contributed by atoms with E-state index in [9.17, 15) is 10.1 Å². The van der Waals surface area contributed by atoms with Crippen molar-refractivity contribution < 1.29 is 14.4 Å². The Hall–Kier alpha value is -1.66. The molecule has 1 N–H and O–H groups in total. The van der Waals surface area contributed by atoms with Crippen LogP contribution in [0.5, 0.6) is 5.75 Å². The largest absolute Gasteiger partial charge is 0.484 e. The summed E-state index contributed by atoms with van der Waals surface area (Å²) in [6, 6.07) is 5.01. The summed E-state index contributed by atoms with van der Waals surface area (Å²) in [5.41, 5.74) is 0.867. The van der Waals surface area contributed by atoms with Gasteiger partial charge in [0, 0.05) is 19.7 Å². The fourth-order valence-electron chi connectivity index (χ4n) is 1.58. The van der Waals surface area contributed by atoms with Gasteiger partial charge in [0.2, 0.25) is 0 Å². The molecule has 0 aromatic heterocycles. The first-order chi connectivity index (χ1) is 9.19. The standard InChI is InChI=1S/C13H20N2O4/c1-3-6-14-10-11-4-5-13(19-8-7-18-2)12(9-11)15(16)17/h4-5,9,14H,3,6-8,10H2,1-2H3. The highest BCUT2D eigenvalue weighted by Crippen LogP contribution is 2.27. The molecule has 0 saturated heterocycles. The lowest BCUT2D eigenvalue weighted by atomic mass is 10.2. The minimum atomic E-state index is -0.425. The molecule has 1 rings (SSSR count). The first-order valence-electron chi connectivity index (χ1n) is 6.28. The van der Waals surface area contributed by atoms with Crippen molar-refractivity contribution in [3.63, 3.8) is 0 Å². The number of nitro benzene ring substituents is 1. The van der Waals surface area contributed by atoms with Crippen molar-refractivity contribution >= 4 is 5.69 Å². The quantitative estimate of drug-likeness (QED) is 0.422. The topological polar surface area (TPSA) is 73.6 Å². The molecule has 0 aliphatic rings. The number of nitro groups is 1. The van der Waals surface area contributed by atoms with Gasteiger partial charge < -0.3 is 14.8 Å². The Morgan fingerprint density at radius 1 is 1.37 bits per heavy atom. The number of nitrogens with zero attached hydrogens (tertiary/aromatic N) is 1. The first kappa shape index (κ1) is 15.4. The lowest BCUT2D eigenvalue weighted by molar-refractivity contribution is -0.385. The van der Waals surface area contributed by atoms with E-state index in [1.165, 1.54) is 0 Å². The summed E-state index contributed by atoms with van der Waals surface area (Å²) in [6.07, 6.45) is 1.03. The lowest BCUT2D eigenvalue weighted by Gasteiger charge is -2.08. The second kappa shape index (κ2) is 8.44. The minimum Gasteiger partial charge on any atom is -0.484 e. The Kier molecular flexibility index (Phi) is 6.84. The highest BCUT2D eigenvalue weighted by atomic mass is 16.6. The molecule has 19 heavy (non-hydrogen) atoms. The van der Waals surface area contributed by atoms with E-state index < -0.39 is 4.92 Å². The Bertz CT molecular complexity index is 410. The summed E-state index contributed by atoms with van der Waals surface area (Å²) in [7, 11) is 1.56. The fraction of sp³-hybridized carbons (Fsp3) is 0.538. The van der Waals surface area contributed by atoms with Gasteiger partial charge in [-0.2, -0.15) is 0 Å². The molecule has 0 saturated carbocycles. The summed E-state index contributed by atoms with van der Waals surface area (Å²) in [6.45, 7) is 4.27. The van der Waals surface area contributed by atoms with Crippen LogP contribution in [0, 0.1) is 10.1 Å². The van der Waals surface area contributed by atoms with Crippen molar-refractivity contribution in [2.75, 3.05) is 26.9 Å². The predicted octanol–water partition coefficient (Wildman–Crippen LogP) is 2.12. The SMILES string of the molecule is CCCNCc1ccc(OCCOC)c([N+](=O)[O-])c1. The van der Waals surface area contributed by atoms with Gasteiger partial charge in [0.15, 0.2) is 5.75 Å². The zero-order chi connectivity index (χ0) is 14.1. The molecule has 0 unspecified atom stereocenters. The second-order valence-corrected chi connectivity index (χ2v) is 4.08. The van der Waals surface area contributed by atoms with Crippen molar-refractivity contribution in [1.29, 1.82) is 0 Å². The van der Waals surface area contributed by atoms with Crippen LogP contribution in [-0.2, 0) is 11.3 Å². The van der Waals surface area contributed by atoms with Gasteiger partial charge in [0.25, 0.3) is 0 Å². The van der Waals surface area contributed by atoms with Gasteiger partial charge in [-0.3, -0.25) is 10.1 Å². The Morgan fingerprint density at radius 3 is 2.79 bits per heavy atom. The number of rotatable bonds is 9. The van der Waals surface area contributed by atoms with Crippen LogP contribution in [0.3, 0.4) is 0 Å². The van der Waals surface area contributed by atoms with Crippen LogP contribution in [0.15, 0.2) is 18.2 Å². The number of hydrogen-bond acceptors (Lipinski definition) is 5. The summed E-state index contributed by atoms with van der Waals surface area (Å²) in [5.74, 6) is 0.279. The van der Waals surface area contributed by atoms with Crippen molar-refractivity contribution in [2.24, 2.45) is 0 Å². The van der Waals surface area contributed by atoms with Crippen LogP contribution in [-0.4, -0.2) is 31.8 Å². The Morgan fingerprint density at radius 2 is 2.16 bits per heavy atom. The van der Waals surface area contributed by atoms with Crippen molar-refractivity contribution in [3.05, 3.63) is 33.9 Å². The van der Waals surface area contributed by atoms with Gasteiger partial charge >= 0.3 is 5.69 Å². The maximum Gasteiger partial charge on any atom is 0.311 e. The van der Waals surface area contributed by atoms with Gasteiger partial charge in [0.1, 0.15) is 6.61 Å². The molecule has 0 atom stereocenters. The van der Waals surface area contributed by atoms with Crippen molar-refractivity contribution in [2.45, 2.75) is 19.9 Å². The number of hydrogen-bond donors (Lipinski definition) is 1. The molecule has 6 heteroatoms. The van der Waals surface area contributed by atoms with Crippen LogP contribution < -0.4 is 10.1 Å². The number of nitrogens with one attached hydrogen (secondary N) is 1. The van der Waals surface area contributed by atoms with Gasteiger partial charge in [-0.05, 0) is 24.6 Å². The number of methoxy groups -OCH3 is 1. The van der Waals surface area contributed by atoms with E-state index in [1.54, 1.807) is 19.2 Å². The van der Waals surface area contributed by atoms with E-state index >= 15 is 0 Å². The third kappa shape index (κ3) is 5.23. The smallest absolute Gasteiger partial charge is 0.311 e. The zero-order valence-corrected chi connectivity index (χ0v) is 11.3. The highest BCUT2D eigenvalue weighted by molar-refractivity contribution is 5.48. The summed E-state index contributed by atoms with van der Waals surface area (Å²) >= 11 is 0. The molecule has 0 spiro atoms. The molecular weight excluding hydrogens is 248 g/mol. The molecule has 0 radical (unpaired) electrons. The summed E-state index contributed by atoms with van der Waals surface area (Å²) in [5, 5.41) is 14.2. The lowest BCUT2D eigenvalue weighted by Crippen LogP contribution is -2.14. The molecule has 1 aromatic carbocycles. The van der Waals surface area contributed by atoms with E-state index in [-0.39, 0.29) is 11.4 Å². The van der Waals surface area contributed by atoms with Crippen LogP contribution in [0.25, 0.3) is 0 Å². The molecule has 0 heterocycles. The Labute approximate surface area is 112 Å².